The molecule has 4 heteroatoms. The predicted molar refractivity (Wildman–Crippen MR) is 86.0 cm³/mol. The summed E-state index contributed by atoms with van der Waals surface area (Å²) < 4.78 is 5.46. The fraction of sp³-hybridized carbons (Fsp3) is 0.611. The zero-order chi connectivity index (χ0) is 15.1. The number of carbonyl (C=O) groups excluding carboxylic acids is 1. The van der Waals surface area contributed by atoms with Gasteiger partial charge in [-0.3, -0.25) is 4.79 Å². The Hall–Kier alpha value is -1.06. The van der Waals surface area contributed by atoms with E-state index >= 15 is 0 Å². The Bertz CT molecular complexity index is 566. The van der Waals surface area contributed by atoms with Crippen LogP contribution in [-0.2, 0) is 9.53 Å². The number of hydrogen-bond donors (Lipinski definition) is 0. The average Bonchev–Trinajstić information content (AvgIpc) is 3.43. The number of ether oxygens (including phenoxy) is 1. The van der Waals surface area contributed by atoms with Gasteiger partial charge in [-0.1, -0.05) is 23.7 Å². The smallest absolute Gasteiger partial charge is 0.226 e. The molecular formula is C18H22ClNO2. The minimum absolute atomic E-state index is 0.168. The molecule has 1 aromatic rings. The van der Waals surface area contributed by atoms with Crippen LogP contribution in [0.2, 0.25) is 5.02 Å². The standard InChI is InChI=1S/C18H22ClNO2/c19-14-3-1-2-13(8-14)16-9-17(16)18(21)20(15-4-5-15)10-12-6-7-22-11-12/h1-3,8,12,15-17H,4-7,9-11H2/t12-,16+,17-/m1/s1. The molecule has 0 bridgehead atoms. The molecule has 3 aliphatic rings. The van der Waals surface area contributed by atoms with E-state index in [9.17, 15) is 4.79 Å². The number of nitrogens with zero attached hydrogens (tertiary/aromatic N) is 1. The van der Waals surface area contributed by atoms with Gasteiger partial charge >= 0.3 is 0 Å². The van der Waals surface area contributed by atoms with Crippen LogP contribution in [0.25, 0.3) is 0 Å². The first-order valence-corrected chi connectivity index (χ1v) is 8.74. The molecule has 1 heterocycles. The SMILES string of the molecule is O=C([C@@H]1C[C@H]1c1cccc(Cl)c1)N(C[C@H]1CCOC1)C1CC1. The van der Waals surface area contributed by atoms with Crippen LogP contribution in [0.1, 0.15) is 37.2 Å². The van der Waals surface area contributed by atoms with E-state index in [2.05, 4.69) is 11.0 Å². The van der Waals surface area contributed by atoms with Crippen LogP contribution in [0.5, 0.6) is 0 Å². The van der Waals surface area contributed by atoms with Gasteiger partial charge in [0.2, 0.25) is 5.91 Å². The van der Waals surface area contributed by atoms with Gasteiger partial charge in [0.15, 0.2) is 0 Å². The van der Waals surface area contributed by atoms with Crippen LogP contribution in [0.3, 0.4) is 0 Å². The lowest BCUT2D eigenvalue weighted by molar-refractivity contribution is -0.134. The van der Waals surface area contributed by atoms with E-state index in [1.165, 1.54) is 18.4 Å². The summed E-state index contributed by atoms with van der Waals surface area (Å²) in [5, 5.41) is 0.762. The van der Waals surface area contributed by atoms with Gasteiger partial charge in [0.1, 0.15) is 0 Å². The first-order valence-electron chi connectivity index (χ1n) is 8.36. The van der Waals surface area contributed by atoms with Crippen molar-refractivity contribution in [1.82, 2.24) is 4.90 Å². The highest BCUT2D eigenvalue weighted by Crippen LogP contribution is 2.50. The first kappa shape index (κ1) is 14.5. The Morgan fingerprint density at radius 2 is 2.18 bits per heavy atom. The summed E-state index contributed by atoms with van der Waals surface area (Å²) in [4.78, 5) is 15.1. The van der Waals surface area contributed by atoms with Crippen molar-refractivity contribution in [1.29, 1.82) is 0 Å². The third-order valence-corrected chi connectivity index (χ3v) is 5.37. The van der Waals surface area contributed by atoms with Gasteiger partial charge in [0, 0.05) is 36.1 Å². The molecule has 0 aromatic heterocycles. The molecule has 0 N–H and O–H groups in total. The maximum atomic E-state index is 12.9. The quantitative estimate of drug-likeness (QED) is 0.831. The van der Waals surface area contributed by atoms with Gasteiger partial charge < -0.3 is 9.64 Å². The van der Waals surface area contributed by atoms with Crippen molar-refractivity contribution in [3.63, 3.8) is 0 Å². The highest BCUT2D eigenvalue weighted by molar-refractivity contribution is 6.30. The zero-order valence-electron chi connectivity index (χ0n) is 12.7. The topological polar surface area (TPSA) is 29.5 Å². The van der Waals surface area contributed by atoms with E-state index < -0.39 is 0 Å². The summed E-state index contributed by atoms with van der Waals surface area (Å²) in [5.41, 5.74) is 1.21. The number of amides is 1. The third-order valence-electron chi connectivity index (χ3n) is 5.13. The molecule has 2 aliphatic carbocycles. The van der Waals surface area contributed by atoms with Gasteiger partial charge in [-0.15, -0.1) is 0 Å². The Kier molecular flexibility index (Phi) is 3.87. The normalized spacial score (nSPS) is 30.3. The number of halogens is 1. The summed E-state index contributed by atoms with van der Waals surface area (Å²) in [5.74, 6) is 1.43. The van der Waals surface area contributed by atoms with E-state index in [1.54, 1.807) is 0 Å². The van der Waals surface area contributed by atoms with Crippen molar-refractivity contribution in [2.24, 2.45) is 11.8 Å². The lowest BCUT2D eigenvalue weighted by Crippen LogP contribution is -2.38. The van der Waals surface area contributed by atoms with E-state index in [4.69, 9.17) is 16.3 Å². The molecule has 1 aromatic carbocycles. The van der Waals surface area contributed by atoms with Crippen LogP contribution in [0, 0.1) is 11.8 Å². The molecule has 0 spiro atoms. The summed E-state index contributed by atoms with van der Waals surface area (Å²) in [6.07, 6.45) is 4.42. The number of hydrogen-bond acceptors (Lipinski definition) is 2. The van der Waals surface area contributed by atoms with Crippen LogP contribution >= 0.6 is 11.6 Å². The fourth-order valence-electron chi connectivity index (χ4n) is 3.60. The van der Waals surface area contributed by atoms with E-state index in [0.29, 0.717) is 23.8 Å². The number of rotatable bonds is 5. The highest BCUT2D eigenvalue weighted by atomic mass is 35.5. The van der Waals surface area contributed by atoms with Crippen LogP contribution in [-0.4, -0.2) is 36.6 Å². The van der Waals surface area contributed by atoms with E-state index in [-0.39, 0.29) is 5.92 Å². The van der Waals surface area contributed by atoms with Gasteiger partial charge in [-0.05, 0) is 49.3 Å². The Labute approximate surface area is 136 Å². The minimum atomic E-state index is 0.168. The zero-order valence-corrected chi connectivity index (χ0v) is 13.5. The van der Waals surface area contributed by atoms with Crippen LogP contribution < -0.4 is 0 Å². The van der Waals surface area contributed by atoms with E-state index in [1.807, 2.05) is 18.2 Å². The van der Waals surface area contributed by atoms with Crippen molar-refractivity contribution in [3.05, 3.63) is 34.9 Å². The molecule has 1 saturated heterocycles. The second-order valence-corrected chi connectivity index (χ2v) is 7.39. The van der Waals surface area contributed by atoms with Crippen molar-refractivity contribution >= 4 is 17.5 Å². The maximum absolute atomic E-state index is 12.9. The van der Waals surface area contributed by atoms with Crippen molar-refractivity contribution in [3.8, 4) is 0 Å². The second-order valence-electron chi connectivity index (χ2n) is 6.96. The molecule has 118 valence electrons. The minimum Gasteiger partial charge on any atom is -0.381 e. The molecule has 4 rings (SSSR count). The summed E-state index contributed by atoms with van der Waals surface area (Å²) >= 11 is 6.07. The summed E-state index contributed by atoms with van der Waals surface area (Å²) in [6.45, 7) is 2.56. The molecule has 3 atom stereocenters. The van der Waals surface area contributed by atoms with Gasteiger partial charge in [-0.2, -0.15) is 0 Å². The number of benzene rings is 1. The van der Waals surface area contributed by atoms with Crippen LogP contribution in [0.4, 0.5) is 0 Å². The van der Waals surface area contributed by atoms with Gasteiger partial charge in [0.25, 0.3) is 0 Å². The van der Waals surface area contributed by atoms with Crippen molar-refractivity contribution < 1.29 is 9.53 Å². The van der Waals surface area contributed by atoms with E-state index in [0.717, 1.165) is 37.6 Å². The summed E-state index contributed by atoms with van der Waals surface area (Å²) in [7, 11) is 0. The average molecular weight is 320 g/mol. The van der Waals surface area contributed by atoms with Gasteiger partial charge in [0.05, 0.1) is 6.61 Å². The van der Waals surface area contributed by atoms with Crippen LogP contribution in [0.15, 0.2) is 24.3 Å². The molecule has 22 heavy (non-hydrogen) atoms. The largest absolute Gasteiger partial charge is 0.381 e. The van der Waals surface area contributed by atoms with Crippen molar-refractivity contribution in [2.75, 3.05) is 19.8 Å². The molecule has 3 nitrogen and oxygen atoms in total. The monoisotopic (exact) mass is 319 g/mol. The molecule has 3 fully saturated rings. The molecule has 0 unspecified atom stereocenters. The lowest BCUT2D eigenvalue weighted by Gasteiger charge is -2.25. The maximum Gasteiger partial charge on any atom is 0.226 e. The predicted octanol–water partition coefficient (Wildman–Crippen LogP) is 3.47. The van der Waals surface area contributed by atoms with Crippen molar-refractivity contribution in [2.45, 2.75) is 37.6 Å². The molecule has 0 radical (unpaired) electrons. The Morgan fingerprint density at radius 3 is 2.86 bits per heavy atom. The second kappa shape index (κ2) is 5.86. The Morgan fingerprint density at radius 1 is 1.32 bits per heavy atom. The third kappa shape index (κ3) is 3.02. The Balaban J connectivity index is 1.42. The first-order chi connectivity index (χ1) is 10.7. The fourth-order valence-corrected chi connectivity index (χ4v) is 3.80. The molecular weight excluding hydrogens is 298 g/mol. The summed E-state index contributed by atoms with van der Waals surface area (Å²) in [6, 6.07) is 8.46. The molecule has 1 amide bonds. The highest BCUT2D eigenvalue weighted by Gasteiger charge is 2.48. The lowest BCUT2D eigenvalue weighted by atomic mass is 10.1. The number of carbonyl (C=O) groups is 1. The molecule has 2 saturated carbocycles. The molecule has 1 aliphatic heterocycles. The van der Waals surface area contributed by atoms with Gasteiger partial charge in [-0.25, -0.2) is 0 Å².